The Hall–Kier alpha value is -2.14. The van der Waals surface area contributed by atoms with E-state index in [1.807, 2.05) is 44.2 Å². The molecule has 1 saturated carbocycles. The Kier molecular flexibility index (Phi) is 3.74. The van der Waals surface area contributed by atoms with Gasteiger partial charge in [0.25, 0.3) is 5.91 Å². The minimum Gasteiger partial charge on any atom is -0.388 e. The molecule has 1 aliphatic rings. The van der Waals surface area contributed by atoms with Crippen LogP contribution in [-0.2, 0) is 0 Å². The number of benzene rings is 1. The Balaban J connectivity index is 1.82. The molecule has 0 unspecified atom stereocenters. The number of nitrogens with one attached hydrogen (secondary N) is 1. The van der Waals surface area contributed by atoms with Gasteiger partial charge in [0.15, 0.2) is 0 Å². The van der Waals surface area contributed by atoms with Crippen molar-refractivity contribution in [2.24, 2.45) is 0 Å². The first-order valence-electron chi connectivity index (χ1n) is 7.62. The minimum absolute atomic E-state index is 0.169. The summed E-state index contributed by atoms with van der Waals surface area (Å²) < 4.78 is 1.78. The third-order valence-electron chi connectivity index (χ3n) is 4.38. The van der Waals surface area contributed by atoms with Crippen LogP contribution in [0.2, 0.25) is 0 Å². The highest BCUT2D eigenvalue weighted by molar-refractivity contribution is 5.96. The summed E-state index contributed by atoms with van der Waals surface area (Å²) in [7, 11) is 0. The van der Waals surface area contributed by atoms with E-state index in [-0.39, 0.29) is 5.91 Å². The molecule has 1 heterocycles. The average molecular weight is 299 g/mol. The number of nitrogens with zero attached hydrogens (tertiary/aromatic N) is 2. The molecule has 1 fully saturated rings. The van der Waals surface area contributed by atoms with Gasteiger partial charge in [-0.1, -0.05) is 18.2 Å². The van der Waals surface area contributed by atoms with E-state index in [0.29, 0.717) is 17.8 Å². The lowest BCUT2D eigenvalue weighted by Crippen LogP contribution is -2.47. The molecule has 2 aromatic rings. The standard InChI is InChI=1S/C17H21N3O2/c1-12-15(16(21)18-11-17(22)9-6-10-17)13(2)20(19-12)14-7-4-3-5-8-14/h3-5,7-8,22H,6,9-11H2,1-2H3,(H,18,21). The summed E-state index contributed by atoms with van der Waals surface area (Å²) in [4.78, 5) is 12.4. The molecule has 1 aromatic carbocycles. The SMILES string of the molecule is Cc1nn(-c2ccccc2)c(C)c1C(=O)NCC1(O)CCC1. The lowest BCUT2D eigenvalue weighted by molar-refractivity contribution is -0.0300. The van der Waals surface area contributed by atoms with Crippen LogP contribution in [-0.4, -0.2) is 32.9 Å². The van der Waals surface area contributed by atoms with E-state index in [4.69, 9.17) is 0 Å². The second-order valence-corrected chi connectivity index (χ2v) is 6.05. The molecule has 1 amide bonds. The summed E-state index contributed by atoms with van der Waals surface area (Å²) in [5, 5.41) is 17.4. The van der Waals surface area contributed by atoms with Gasteiger partial charge in [0.05, 0.1) is 28.2 Å². The third-order valence-corrected chi connectivity index (χ3v) is 4.38. The highest BCUT2D eigenvalue weighted by Crippen LogP contribution is 2.30. The number of rotatable bonds is 4. The van der Waals surface area contributed by atoms with Crippen molar-refractivity contribution in [1.29, 1.82) is 0 Å². The van der Waals surface area contributed by atoms with Gasteiger partial charge < -0.3 is 10.4 Å². The van der Waals surface area contributed by atoms with Gasteiger partial charge in [0.2, 0.25) is 0 Å². The monoisotopic (exact) mass is 299 g/mol. The fraction of sp³-hybridized carbons (Fsp3) is 0.412. The Labute approximate surface area is 130 Å². The molecule has 5 nitrogen and oxygen atoms in total. The van der Waals surface area contributed by atoms with E-state index < -0.39 is 5.60 Å². The quantitative estimate of drug-likeness (QED) is 0.909. The van der Waals surface area contributed by atoms with Crippen molar-refractivity contribution in [3.05, 3.63) is 47.3 Å². The molecule has 22 heavy (non-hydrogen) atoms. The molecule has 0 saturated heterocycles. The second-order valence-electron chi connectivity index (χ2n) is 6.05. The molecule has 0 radical (unpaired) electrons. The van der Waals surface area contributed by atoms with Crippen LogP contribution in [0.5, 0.6) is 0 Å². The van der Waals surface area contributed by atoms with Gasteiger partial charge in [-0.05, 0) is 45.2 Å². The molecular formula is C17H21N3O2. The van der Waals surface area contributed by atoms with Crippen molar-refractivity contribution in [2.75, 3.05) is 6.54 Å². The summed E-state index contributed by atoms with van der Waals surface area (Å²) in [6.45, 7) is 4.03. The molecule has 116 valence electrons. The molecule has 5 heteroatoms. The lowest BCUT2D eigenvalue weighted by atomic mass is 9.80. The number of aromatic nitrogens is 2. The third kappa shape index (κ3) is 2.64. The number of carbonyl (C=O) groups excluding carboxylic acids is 1. The summed E-state index contributed by atoms with van der Waals surface area (Å²) in [6, 6.07) is 9.74. The van der Waals surface area contributed by atoms with Crippen LogP contribution in [0.3, 0.4) is 0 Å². The van der Waals surface area contributed by atoms with Crippen LogP contribution in [0.1, 0.15) is 41.0 Å². The molecule has 0 spiro atoms. The predicted octanol–water partition coefficient (Wildman–Crippen LogP) is 2.13. The van der Waals surface area contributed by atoms with E-state index >= 15 is 0 Å². The van der Waals surface area contributed by atoms with Crippen molar-refractivity contribution >= 4 is 5.91 Å². The smallest absolute Gasteiger partial charge is 0.255 e. The van der Waals surface area contributed by atoms with Gasteiger partial charge in [-0.25, -0.2) is 4.68 Å². The van der Waals surface area contributed by atoms with Crippen molar-refractivity contribution in [3.63, 3.8) is 0 Å². The van der Waals surface area contributed by atoms with E-state index in [9.17, 15) is 9.90 Å². The molecular weight excluding hydrogens is 278 g/mol. The van der Waals surface area contributed by atoms with Gasteiger partial charge in [0.1, 0.15) is 0 Å². The molecule has 3 rings (SSSR count). The van der Waals surface area contributed by atoms with E-state index in [1.54, 1.807) is 4.68 Å². The van der Waals surface area contributed by atoms with E-state index in [2.05, 4.69) is 10.4 Å². The Bertz CT molecular complexity index is 687. The van der Waals surface area contributed by atoms with Gasteiger partial charge in [-0.15, -0.1) is 0 Å². The number of hydrogen-bond acceptors (Lipinski definition) is 3. The Morgan fingerprint density at radius 1 is 1.32 bits per heavy atom. The lowest BCUT2D eigenvalue weighted by Gasteiger charge is -2.36. The van der Waals surface area contributed by atoms with Crippen molar-refractivity contribution in [3.8, 4) is 5.69 Å². The first kappa shape index (κ1) is 14.8. The number of carbonyl (C=O) groups is 1. The van der Waals surface area contributed by atoms with Crippen LogP contribution in [0, 0.1) is 13.8 Å². The molecule has 1 aromatic heterocycles. The second kappa shape index (κ2) is 5.57. The predicted molar refractivity (Wildman–Crippen MR) is 84.2 cm³/mol. The molecule has 0 atom stereocenters. The van der Waals surface area contributed by atoms with Gasteiger partial charge in [0, 0.05) is 6.54 Å². The zero-order valence-corrected chi connectivity index (χ0v) is 13.0. The van der Waals surface area contributed by atoms with Gasteiger partial charge in [-0.2, -0.15) is 5.10 Å². The van der Waals surface area contributed by atoms with E-state index in [1.165, 1.54) is 0 Å². The van der Waals surface area contributed by atoms with Crippen LogP contribution < -0.4 is 5.32 Å². The molecule has 1 aliphatic carbocycles. The maximum atomic E-state index is 12.4. The van der Waals surface area contributed by atoms with Crippen LogP contribution in [0.4, 0.5) is 0 Å². The van der Waals surface area contributed by atoms with Crippen molar-refractivity contribution in [2.45, 2.75) is 38.7 Å². The number of para-hydroxylation sites is 1. The maximum Gasteiger partial charge on any atom is 0.255 e. The minimum atomic E-state index is -0.715. The Morgan fingerprint density at radius 3 is 2.59 bits per heavy atom. The normalized spacial score (nSPS) is 16.1. The number of hydrogen-bond donors (Lipinski definition) is 2. The first-order valence-corrected chi connectivity index (χ1v) is 7.62. The zero-order chi connectivity index (χ0) is 15.7. The largest absolute Gasteiger partial charge is 0.388 e. The summed E-state index contributed by atoms with van der Waals surface area (Å²) >= 11 is 0. The zero-order valence-electron chi connectivity index (χ0n) is 13.0. The maximum absolute atomic E-state index is 12.4. The fourth-order valence-electron chi connectivity index (χ4n) is 2.89. The van der Waals surface area contributed by atoms with Gasteiger partial charge >= 0.3 is 0 Å². The number of amides is 1. The molecule has 2 N–H and O–H groups in total. The molecule has 0 bridgehead atoms. The van der Waals surface area contributed by atoms with Gasteiger partial charge in [-0.3, -0.25) is 4.79 Å². The van der Waals surface area contributed by atoms with Crippen molar-refractivity contribution in [1.82, 2.24) is 15.1 Å². The molecule has 0 aliphatic heterocycles. The first-order chi connectivity index (χ1) is 10.5. The van der Waals surface area contributed by atoms with Crippen LogP contribution in [0.15, 0.2) is 30.3 Å². The Morgan fingerprint density at radius 2 is 2.00 bits per heavy atom. The summed E-state index contributed by atoms with van der Waals surface area (Å²) in [6.07, 6.45) is 2.54. The fourth-order valence-corrected chi connectivity index (χ4v) is 2.89. The number of aliphatic hydroxyl groups is 1. The average Bonchev–Trinajstić information content (AvgIpc) is 2.79. The summed E-state index contributed by atoms with van der Waals surface area (Å²) in [5.41, 5.74) is 2.31. The highest BCUT2D eigenvalue weighted by Gasteiger charge is 2.35. The van der Waals surface area contributed by atoms with Crippen molar-refractivity contribution < 1.29 is 9.90 Å². The number of aryl methyl sites for hydroxylation is 1. The highest BCUT2D eigenvalue weighted by atomic mass is 16.3. The van der Waals surface area contributed by atoms with Crippen LogP contribution in [0.25, 0.3) is 5.69 Å². The summed E-state index contributed by atoms with van der Waals surface area (Å²) in [5.74, 6) is -0.169. The van der Waals surface area contributed by atoms with E-state index in [0.717, 1.165) is 30.6 Å². The topological polar surface area (TPSA) is 67.2 Å². The van der Waals surface area contributed by atoms with Crippen LogP contribution >= 0.6 is 0 Å².